The summed E-state index contributed by atoms with van der Waals surface area (Å²) in [5.74, 6) is 0.252. The SMILES string of the molecule is COCCOCCCOC(=O)c1cccc(NC(C)C)n1. The summed E-state index contributed by atoms with van der Waals surface area (Å²) in [5, 5.41) is 3.15. The number of carbonyl (C=O) groups is 1. The number of nitrogens with zero attached hydrogens (tertiary/aromatic N) is 1. The van der Waals surface area contributed by atoms with E-state index in [9.17, 15) is 4.79 Å². The van der Waals surface area contributed by atoms with Crippen molar-refractivity contribution in [2.45, 2.75) is 26.3 Å². The van der Waals surface area contributed by atoms with Crippen LogP contribution in [0, 0.1) is 0 Å². The Morgan fingerprint density at radius 2 is 2.05 bits per heavy atom. The number of rotatable bonds is 10. The van der Waals surface area contributed by atoms with E-state index >= 15 is 0 Å². The lowest BCUT2D eigenvalue weighted by Crippen LogP contribution is -2.14. The highest BCUT2D eigenvalue weighted by atomic mass is 16.5. The minimum Gasteiger partial charge on any atom is -0.461 e. The van der Waals surface area contributed by atoms with E-state index in [0.29, 0.717) is 44.4 Å². The van der Waals surface area contributed by atoms with Gasteiger partial charge in [0.25, 0.3) is 0 Å². The first-order valence-electron chi connectivity index (χ1n) is 7.11. The Bertz CT molecular complexity index is 424. The normalized spacial score (nSPS) is 10.7. The lowest BCUT2D eigenvalue weighted by Gasteiger charge is -2.10. The second kappa shape index (κ2) is 10.1. The van der Waals surface area contributed by atoms with Gasteiger partial charge < -0.3 is 19.5 Å². The Morgan fingerprint density at radius 3 is 2.76 bits per heavy atom. The van der Waals surface area contributed by atoms with Gasteiger partial charge in [-0.05, 0) is 26.0 Å². The number of aromatic nitrogens is 1. The molecular weight excluding hydrogens is 272 g/mol. The number of hydrogen-bond donors (Lipinski definition) is 1. The van der Waals surface area contributed by atoms with Crippen molar-refractivity contribution in [2.75, 3.05) is 38.9 Å². The van der Waals surface area contributed by atoms with Crippen LogP contribution < -0.4 is 5.32 Å². The van der Waals surface area contributed by atoms with Crippen molar-refractivity contribution < 1.29 is 19.0 Å². The smallest absolute Gasteiger partial charge is 0.357 e. The van der Waals surface area contributed by atoms with Gasteiger partial charge in [-0.15, -0.1) is 0 Å². The van der Waals surface area contributed by atoms with Crippen molar-refractivity contribution in [3.63, 3.8) is 0 Å². The van der Waals surface area contributed by atoms with Crippen LogP contribution in [0.4, 0.5) is 5.82 Å². The standard InChI is InChI=1S/C15H24N2O4/c1-12(2)16-14-7-4-6-13(17-14)15(18)21-9-5-8-20-11-10-19-3/h4,6-7,12H,5,8-11H2,1-3H3,(H,16,17). The Hall–Kier alpha value is -1.66. The Balaban J connectivity index is 2.28. The molecule has 0 unspecified atom stereocenters. The van der Waals surface area contributed by atoms with Crippen LogP contribution in [0.1, 0.15) is 30.8 Å². The summed E-state index contributed by atoms with van der Waals surface area (Å²) in [4.78, 5) is 16.1. The molecule has 1 rings (SSSR count). The van der Waals surface area contributed by atoms with E-state index in [-0.39, 0.29) is 6.04 Å². The highest BCUT2D eigenvalue weighted by Crippen LogP contribution is 2.07. The number of ether oxygens (including phenoxy) is 3. The molecule has 1 aromatic rings. The van der Waals surface area contributed by atoms with Crippen LogP contribution in [0.3, 0.4) is 0 Å². The molecule has 0 aliphatic heterocycles. The number of nitrogens with one attached hydrogen (secondary N) is 1. The van der Waals surface area contributed by atoms with Crippen LogP contribution in [0.5, 0.6) is 0 Å². The van der Waals surface area contributed by atoms with Gasteiger partial charge in [0.05, 0.1) is 19.8 Å². The quantitative estimate of drug-likeness (QED) is 0.527. The molecule has 0 bridgehead atoms. The Kier molecular flexibility index (Phi) is 8.38. The second-order valence-electron chi connectivity index (χ2n) is 4.80. The number of pyridine rings is 1. The molecule has 0 radical (unpaired) electrons. The van der Waals surface area contributed by atoms with Crippen LogP contribution in [0.25, 0.3) is 0 Å². The number of carbonyl (C=O) groups excluding carboxylic acids is 1. The van der Waals surface area contributed by atoms with Crippen LogP contribution in [-0.4, -0.2) is 50.5 Å². The van der Waals surface area contributed by atoms with Crippen molar-refractivity contribution in [1.82, 2.24) is 4.98 Å². The minimum atomic E-state index is -0.417. The third-order valence-corrected chi connectivity index (χ3v) is 2.49. The molecule has 0 fully saturated rings. The van der Waals surface area contributed by atoms with E-state index in [2.05, 4.69) is 10.3 Å². The molecule has 0 atom stereocenters. The van der Waals surface area contributed by atoms with E-state index in [1.165, 1.54) is 0 Å². The molecule has 0 aromatic carbocycles. The van der Waals surface area contributed by atoms with Crippen molar-refractivity contribution in [2.24, 2.45) is 0 Å². The van der Waals surface area contributed by atoms with Gasteiger partial charge in [0.2, 0.25) is 0 Å². The maximum Gasteiger partial charge on any atom is 0.357 e. The minimum absolute atomic E-state index is 0.257. The summed E-state index contributed by atoms with van der Waals surface area (Å²) in [6.07, 6.45) is 0.652. The highest BCUT2D eigenvalue weighted by molar-refractivity contribution is 5.87. The number of hydrogen-bond acceptors (Lipinski definition) is 6. The Labute approximate surface area is 125 Å². The molecule has 0 amide bonds. The van der Waals surface area contributed by atoms with Gasteiger partial charge in [0.15, 0.2) is 5.69 Å². The van der Waals surface area contributed by atoms with E-state index in [1.807, 2.05) is 19.9 Å². The first kappa shape index (κ1) is 17.4. The molecule has 6 nitrogen and oxygen atoms in total. The molecule has 0 aliphatic rings. The predicted octanol–water partition coefficient (Wildman–Crippen LogP) is 2.11. The van der Waals surface area contributed by atoms with E-state index in [1.54, 1.807) is 19.2 Å². The zero-order valence-electron chi connectivity index (χ0n) is 12.9. The third-order valence-electron chi connectivity index (χ3n) is 2.49. The molecule has 0 aliphatic carbocycles. The number of methoxy groups -OCH3 is 1. The van der Waals surface area contributed by atoms with Gasteiger partial charge in [-0.3, -0.25) is 0 Å². The predicted molar refractivity (Wildman–Crippen MR) is 80.6 cm³/mol. The average molecular weight is 296 g/mol. The van der Waals surface area contributed by atoms with Gasteiger partial charge in [-0.25, -0.2) is 9.78 Å². The maximum absolute atomic E-state index is 11.8. The zero-order valence-corrected chi connectivity index (χ0v) is 12.9. The van der Waals surface area contributed by atoms with Crippen LogP contribution in [0.2, 0.25) is 0 Å². The van der Waals surface area contributed by atoms with Crippen molar-refractivity contribution >= 4 is 11.8 Å². The van der Waals surface area contributed by atoms with Crippen LogP contribution >= 0.6 is 0 Å². The van der Waals surface area contributed by atoms with Gasteiger partial charge >= 0.3 is 5.97 Å². The largest absolute Gasteiger partial charge is 0.461 e. The fourth-order valence-corrected chi connectivity index (χ4v) is 1.57. The molecule has 1 aromatic heterocycles. The van der Waals surface area contributed by atoms with Gasteiger partial charge in [-0.1, -0.05) is 6.07 Å². The summed E-state index contributed by atoms with van der Waals surface area (Å²) in [6.45, 7) is 6.00. The second-order valence-corrected chi connectivity index (χ2v) is 4.80. The lowest BCUT2D eigenvalue weighted by molar-refractivity contribution is 0.0380. The molecule has 6 heteroatoms. The van der Waals surface area contributed by atoms with E-state index < -0.39 is 5.97 Å². The van der Waals surface area contributed by atoms with Crippen LogP contribution in [0.15, 0.2) is 18.2 Å². The first-order valence-corrected chi connectivity index (χ1v) is 7.11. The topological polar surface area (TPSA) is 69.7 Å². The van der Waals surface area contributed by atoms with Crippen molar-refractivity contribution in [3.8, 4) is 0 Å². The van der Waals surface area contributed by atoms with Gasteiger partial charge in [0.1, 0.15) is 5.82 Å². The summed E-state index contributed by atoms with van der Waals surface area (Å²) < 4.78 is 15.3. The van der Waals surface area contributed by atoms with Crippen LogP contribution in [-0.2, 0) is 14.2 Å². The number of anilines is 1. The Morgan fingerprint density at radius 1 is 1.24 bits per heavy atom. The third kappa shape index (κ3) is 7.63. The molecule has 21 heavy (non-hydrogen) atoms. The molecule has 0 saturated carbocycles. The van der Waals surface area contributed by atoms with Crippen molar-refractivity contribution in [3.05, 3.63) is 23.9 Å². The molecule has 1 heterocycles. The summed E-state index contributed by atoms with van der Waals surface area (Å²) >= 11 is 0. The molecule has 0 saturated heterocycles. The summed E-state index contributed by atoms with van der Waals surface area (Å²) in [6, 6.07) is 5.50. The van der Waals surface area contributed by atoms with Gasteiger partial charge in [0, 0.05) is 26.2 Å². The fraction of sp³-hybridized carbons (Fsp3) is 0.600. The monoisotopic (exact) mass is 296 g/mol. The van der Waals surface area contributed by atoms with E-state index in [4.69, 9.17) is 14.2 Å². The summed E-state index contributed by atoms with van der Waals surface area (Å²) in [7, 11) is 1.63. The molecule has 1 N–H and O–H groups in total. The maximum atomic E-state index is 11.8. The van der Waals surface area contributed by atoms with Crippen molar-refractivity contribution in [1.29, 1.82) is 0 Å². The first-order chi connectivity index (χ1) is 10.1. The fourth-order valence-electron chi connectivity index (χ4n) is 1.57. The average Bonchev–Trinajstić information content (AvgIpc) is 2.45. The molecule has 0 spiro atoms. The van der Waals surface area contributed by atoms with E-state index in [0.717, 1.165) is 0 Å². The molecular formula is C15H24N2O4. The summed E-state index contributed by atoms with van der Waals surface area (Å²) in [5.41, 5.74) is 0.306. The lowest BCUT2D eigenvalue weighted by atomic mass is 10.3. The highest BCUT2D eigenvalue weighted by Gasteiger charge is 2.09. The van der Waals surface area contributed by atoms with Gasteiger partial charge in [-0.2, -0.15) is 0 Å². The number of esters is 1. The zero-order chi connectivity index (χ0) is 15.5. The molecule has 118 valence electrons.